The van der Waals surface area contributed by atoms with Gasteiger partial charge in [-0.25, -0.2) is 22.0 Å². The van der Waals surface area contributed by atoms with Crippen LogP contribution < -0.4 is 4.74 Å². The fourth-order valence-corrected chi connectivity index (χ4v) is 4.91. The fraction of sp³-hybridized carbons (Fsp3) is 0.357. The van der Waals surface area contributed by atoms with Crippen LogP contribution in [0.5, 0.6) is 5.75 Å². The monoisotopic (exact) mass is 492 g/mol. The molecule has 0 amide bonds. The Labute approximate surface area is 200 Å². The Morgan fingerprint density at radius 2 is 1.43 bits per heavy atom. The van der Waals surface area contributed by atoms with E-state index in [0.29, 0.717) is 17.9 Å². The molecule has 0 saturated heterocycles. The third kappa shape index (κ3) is 5.49. The smallest absolute Gasteiger partial charge is 0.200 e. The van der Waals surface area contributed by atoms with Crippen molar-refractivity contribution in [2.75, 3.05) is 6.61 Å². The number of hydrogen-bond acceptors (Lipinski definition) is 1. The minimum atomic E-state index is -1.59. The molecule has 1 fully saturated rings. The Bertz CT molecular complexity index is 1180. The van der Waals surface area contributed by atoms with Gasteiger partial charge < -0.3 is 4.74 Å². The predicted molar refractivity (Wildman–Crippen MR) is 122 cm³/mol. The van der Waals surface area contributed by atoms with Crippen molar-refractivity contribution in [2.45, 2.75) is 51.4 Å². The second-order valence-electron chi connectivity index (χ2n) is 9.03. The topological polar surface area (TPSA) is 9.23 Å². The van der Waals surface area contributed by atoms with Crippen molar-refractivity contribution in [3.63, 3.8) is 0 Å². The molecule has 0 aliphatic heterocycles. The molecule has 0 atom stereocenters. The Morgan fingerprint density at radius 3 is 2.06 bits per heavy atom. The van der Waals surface area contributed by atoms with Crippen LogP contribution in [0.15, 0.2) is 42.5 Å². The summed E-state index contributed by atoms with van der Waals surface area (Å²) in [6.45, 7) is 1.97. The molecule has 0 bridgehead atoms. The molecule has 3 aromatic rings. The number of aryl methyl sites for hydroxylation is 1. The number of hydrogen-bond donors (Lipinski definition) is 0. The van der Waals surface area contributed by atoms with Crippen LogP contribution in [0, 0.1) is 40.8 Å². The van der Waals surface area contributed by atoms with Gasteiger partial charge >= 0.3 is 0 Å². The van der Waals surface area contributed by atoms with Crippen LogP contribution in [-0.4, -0.2) is 6.61 Å². The molecule has 35 heavy (non-hydrogen) atoms. The second kappa shape index (κ2) is 10.8. The second-order valence-corrected chi connectivity index (χ2v) is 9.03. The van der Waals surface area contributed by atoms with E-state index in [9.17, 15) is 26.3 Å². The minimum absolute atomic E-state index is 0.00449. The third-order valence-corrected chi connectivity index (χ3v) is 6.85. The molecular weight excluding hydrogens is 466 g/mol. The van der Waals surface area contributed by atoms with E-state index >= 15 is 0 Å². The van der Waals surface area contributed by atoms with Crippen LogP contribution in [0.25, 0.3) is 11.1 Å². The van der Waals surface area contributed by atoms with E-state index in [-0.39, 0.29) is 29.4 Å². The highest BCUT2D eigenvalue weighted by atomic mass is 19.2. The highest BCUT2D eigenvalue weighted by Crippen LogP contribution is 2.39. The molecule has 1 aliphatic carbocycles. The van der Waals surface area contributed by atoms with E-state index < -0.39 is 34.9 Å². The molecule has 0 radical (unpaired) electrons. The van der Waals surface area contributed by atoms with E-state index in [1.807, 2.05) is 0 Å². The molecular formula is C28H26F6O. The summed E-state index contributed by atoms with van der Waals surface area (Å²) in [6.07, 6.45) is 4.56. The van der Waals surface area contributed by atoms with Crippen LogP contribution in [-0.2, 0) is 6.42 Å². The molecule has 1 saturated carbocycles. The van der Waals surface area contributed by atoms with E-state index in [1.165, 1.54) is 18.2 Å². The van der Waals surface area contributed by atoms with Gasteiger partial charge in [-0.05, 0) is 98.2 Å². The van der Waals surface area contributed by atoms with E-state index in [1.54, 1.807) is 19.1 Å². The number of rotatable bonds is 7. The van der Waals surface area contributed by atoms with Gasteiger partial charge in [0.25, 0.3) is 0 Å². The lowest BCUT2D eigenvalue weighted by Gasteiger charge is -2.29. The summed E-state index contributed by atoms with van der Waals surface area (Å²) >= 11 is 0. The summed E-state index contributed by atoms with van der Waals surface area (Å²) in [7, 11) is 0. The summed E-state index contributed by atoms with van der Waals surface area (Å²) in [5.41, 5.74) is 1.07. The van der Waals surface area contributed by atoms with Gasteiger partial charge in [0.2, 0.25) is 5.82 Å². The molecule has 186 valence electrons. The average molecular weight is 493 g/mol. The molecule has 0 aromatic heterocycles. The zero-order valence-corrected chi connectivity index (χ0v) is 19.3. The average Bonchev–Trinajstić information content (AvgIpc) is 2.85. The zero-order valence-electron chi connectivity index (χ0n) is 19.3. The van der Waals surface area contributed by atoms with E-state index in [0.717, 1.165) is 49.8 Å². The van der Waals surface area contributed by atoms with Crippen LogP contribution in [0.1, 0.15) is 56.1 Å². The van der Waals surface area contributed by atoms with Crippen molar-refractivity contribution in [3.05, 3.63) is 88.5 Å². The number of ether oxygens (including phenoxy) is 1. The van der Waals surface area contributed by atoms with E-state index in [2.05, 4.69) is 0 Å². The van der Waals surface area contributed by atoms with Crippen molar-refractivity contribution in [3.8, 4) is 16.9 Å². The van der Waals surface area contributed by atoms with Crippen molar-refractivity contribution < 1.29 is 31.1 Å². The van der Waals surface area contributed by atoms with Crippen LogP contribution >= 0.6 is 0 Å². The highest BCUT2D eigenvalue weighted by molar-refractivity contribution is 5.65. The fourth-order valence-electron chi connectivity index (χ4n) is 4.91. The van der Waals surface area contributed by atoms with Gasteiger partial charge in [-0.2, -0.15) is 4.39 Å². The lowest BCUT2D eigenvalue weighted by atomic mass is 9.76. The third-order valence-electron chi connectivity index (χ3n) is 6.85. The van der Waals surface area contributed by atoms with Gasteiger partial charge in [0.1, 0.15) is 5.82 Å². The molecule has 7 heteroatoms. The van der Waals surface area contributed by atoms with Gasteiger partial charge in [-0.3, -0.25) is 0 Å². The van der Waals surface area contributed by atoms with Crippen molar-refractivity contribution in [1.29, 1.82) is 0 Å². The van der Waals surface area contributed by atoms with Gasteiger partial charge in [0.15, 0.2) is 29.0 Å². The molecule has 0 N–H and O–H groups in total. The summed E-state index contributed by atoms with van der Waals surface area (Å²) in [5.74, 6) is -6.34. The predicted octanol–water partition coefficient (Wildman–Crippen LogP) is 8.49. The lowest BCUT2D eigenvalue weighted by Crippen LogP contribution is -2.14. The maximum Gasteiger partial charge on any atom is 0.200 e. The first-order chi connectivity index (χ1) is 16.8. The van der Waals surface area contributed by atoms with Gasteiger partial charge in [-0.1, -0.05) is 18.2 Å². The van der Waals surface area contributed by atoms with Crippen LogP contribution in [0.2, 0.25) is 0 Å². The Kier molecular flexibility index (Phi) is 7.72. The van der Waals surface area contributed by atoms with Crippen molar-refractivity contribution in [1.82, 2.24) is 0 Å². The SMILES string of the molecule is CCOc1ccc(CCC2CCC(c3ccc(-c4cc(F)c(F)c(F)c4)c(F)c3)CC2)c(F)c1F. The number of halogens is 6. The lowest BCUT2D eigenvalue weighted by molar-refractivity contribution is 0.305. The van der Waals surface area contributed by atoms with Crippen molar-refractivity contribution >= 4 is 0 Å². The Hall–Kier alpha value is -2.96. The molecule has 0 unspecified atom stereocenters. The van der Waals surface area contributed by atoms with E-state index in [4.69, 9.17) is 4.74 Å². The summed E-state index contributed by atoms with van der Waals surface area (Å²) < 4.78 is 88.6. The standard InChI is InChI=1S/C28H26F6O/c1-2-35-25-12-10-18(26(32)28(25)34)8-5-16-3-6-17(7-4-16)19-9-11-21(22(29)13-19)20-14-23(30)27(33)24(31)15-20/h9-17H,2-8H2,1H3. The highest BCUT2D eigenvalue weighted by Gasteiger charge is 2.24. The minimum Gasteiger partial charge on any atom is -0.491 e. The Morgan fingerprint density at radius 1 is 0.743 bits per heavy atom. The van der Waals surface area contributed by atoms with Crippen LogP contribution in [0.4, 0.5) is 26.3 Å². The maximum atomic E-state index is 14.8. The summed E-state index contributed by atoms with van der Waals surface area (Å²) in [4.78, 5) is 0. The first kappa shape index (κ1) is 25.1. The summed E-state index contributed by atoms with van der Waals surface area (Å²) in [6, 6.07) is 9.16. The largest absolute Gasteiger partial charge is 0.491 e. The Balaban J connectivity index is 1.36. The molecule has 0 spiro atoms. The molecule has 1 nitrogen and oxygen atoms in total. The van der Waals surface area contributed by atoms with Gasteiger partial charge in [-0.15, -0.1) is 0 Å². The van der Waals surface area contributed by atoms with Gasteiger partial charge in [0, 0.05) is 5.56 Å². The summed E-state index contributed by atoms with van der Waals surface area (Å²) in [5, 5.41) is 0. The molecule has 0 heterocycles. The van der Waals surface area contributed by atoms with Gasteiger partial charge in [0.05, 0.1) is 6.61 Å². The number of benzene rings is 3. The maximum absolute atomic E-state index is 14.8. The van der Waals surface area contributed by atoms with Crippen LogP contribution in [0.3, 0.4) is 0 Å². The molecule has 4 rings (SSSR count). The molecule has 1 aliphatic rings. The quantitative estimate of drug-likeness (QED) is 0.237. The first-order valence-corrected chi connectivity index (χ1v) is 11.8. The molecule has 3 aromatic carbocycles. The first-order valence-electron chi connectivity index (χ1n) is 11.8. The van der Waals surface area contributed by atoms with Crippen molar-refractivity contribution in [2.24, 2.45) is 5.92 Å². The normalized spacial score (nSPS) is 18.0. The zero-order chi connectivity index (χ0) is 25.1.